The minimum Gasteiger partial charge on any atom is -0.384 e. The van der Waals surface area contributed by atoms with E-state index in [1.54, 1.807) is 78.9 Å². The van der Waals surface area contributed by atoms with Crippen molar-refractivity contribution < 1.29 is 4.79 Å². The SMILES string of the molecule is N#CC1=C(N)n2c(s/c(=C\c3ccc(Cl)cc3)c2=O)=C(C(=O)Nc2ccc(Br)cc2)C1c1ccc(Cl)cc1. The van der Waals surface area contributed by atoms with Gasteiger partial charge in [0.2, 0.25) is 0 Å². The Balaban J connectivity index is 1.79. The zero-order valence-corrected chi connectivity index (χ0v) is 23.3. The van der Waals surface area contributed by atoms with Gasteiger partial charge in [-0.25, -0.2) is 0 Å². The summed E-state index contributed by atoms with van der Waals surface area (Å²) in [5, 5.41) is 14.1. The zero-order valence-electron chi connectivity index (χ0n) is 19.4. The lowest BCUT2D eigenvalue weighted by atomic mass is 9.83. The topological polar surface area (TPSA) is 101 Å². The fraction of sp³-hybridized carbons (Fsp3) is 0.0357. The quantitative estimate of drug-likeness (QED) is 0.332. The number of nitrogens with two attached hydrogens (primary N) is 1. The standard InChI is InChI=1S/C28H17BrCl2N4O2S/c29-17-5-11-20(12-6-17)34-26(36)24-23(16-3-9-19(31)10-4-16)21(14-32)25(33)35-27(37)22(38-28(24)35)13-15-1-7-18(30)8-2-15/h1-13,23H,33H2,(H,34,36)/b22-13-. The molecule has 0 radical (unpaired) electrons. The summed E-state index contributed by atoms with van der Waals surface area (Å²) in [6, 6.07) is 23.1. The van der Waals surface area contributed by atoms with Crippen LogP contribution < -0.4 is 25.8 Å². The number of rotatable bonds is 4. The smallest absolute Gasteiger partial charge is 0.274 e. The van der Waals surface area contributed by atoms with Crippen LogP contribution in [0.15, 0.2) is 87.6 Å². The van der Waals surface area contributed by atoms with Crippen LogP contribution in [0.2, 0.25) is 10.0 Å². The lowest BCUT2D eigenvalue weighted by molar-refractivity contribution is -0.111. The van der Waals surface area contributed by atoms with Gasteiger partial charge < -0.3 is 11.1 Å². The number of halogens is 3. The molecular formula is C28H17BrCl2N4O2S. The average Bonchev–Trinajstić information content (AvgIpc) is 3.22. The number of hydrogen-bond acceptors (Lipinski definition) is 5. The van der Waals surface area contributed by atoms with Gasteiger partial charge in [0, 0.05) is 20.2 Å². The summed E-state index contributed by atoms with van der Waals surface area (Å²) in [5.74, 6) is -1.28. The molecule has 0 bridgehead atoms. The van der Waals surface area contributed by atoms with Gasteiger partial charge in [-0.2, -0.15) is 5.26 Å². The fourth-order valence-corrected chi connectivity index (χ4v) is 5.89. The first-order valence-corrected chi connectivity index (χ1v) is 13.6. The summed E-state index contributed by atoms with van der Waals surface area (Å²) in [6.07, 6.45) is 1.70. The summed E-state index contributed by atoms with van der Waals surface area (Å²) in [7, 11) is 0. The van der Waals surface area contributed by atoms with Crippen LogP contribution >= 0.6 is 50.5 Å². The predicted molar refractivity (Wildman–Crippen MR) is 156 cm³/mol. The van der Waals surface area contributed by atoms with Crippen molar-refractivity contribution in [1.82, 2.24) is 4.57 Å². The maximum Gasteiger partial charge on any atom is 0.274 e. The number of hydrogen-bond donors (Lipinski definition) is 2. The maximum absolute atomic E-state index is 13.9. The first-order valence-electron chi connectivity index (χ1n) is 11.2. The molecule has 1 atom stereocenters. The number of nitriles is 1. The molecule has 188 valence electrons. The third kappa shape index (κ3) is 4.94. The average molecular weight is 624 g/mol. The van der Waals surface area contributed by atoms with Gasteiger partial charge in [0.1, 0.15) is 10.5 Å². The third-order valence-corrected chi connectivity index (χ3v) is 8.13. The van der Waals surface area contributed by atoms with Gasteiger partial charge >= 0.3 is 0 Å². The van der Waals surface area contributed by atoms with E-state index in [-0.39, 0.29) is 17.0 Å². The Morgan fingerprint density at radius 1 is 1.03 bits per heavy atom. The number of carbonyl (C=O) groups is 1. The van der Waals surface area contributed by atoms with Gasteiger partial charge in [-0.1, -0.05) is 63.4 Å². The van der Waals surface area contributed by atoms with E-state index < -0.39 is 17.4 Å². The van der Waals surface area contributed by atoms with Crippen molar-refractivity contribution in [3.63, 3.8) is 0 Å². The van der Waals surface area contributed by atoms with Crippen molar-refractivity contribution in [3.05, 3.63) is 124 Å². The molecule has 0 saturated heterocycles. The van der Waals surface area contributed by atoms with Crippen molar-refractivity contribution in [2.75, 3.05) is 5.32 Å². The van der Waals surface area contributed by atoms with E-state index in [4.69, 9.17) is 28.9 Å². The van der Waals surface area contributed by atoms with Crippen molar-refractivity contribution in [3.8, 4) is 6.07 Å². The highest BCUT2D eigenvalue weighted by atomic mass is 79.9. The monoisotopic (exact) mass is 622 g/mol. The molecule has 38 heavy (non-hydrogen) atoms. The predicted octanol–water partition coefficient (Wildman–Crippen LogP) is 5.05. The Bertz CT molecular complexity index is 1820. The highest BCUT2D eigenvalue weighted by Crippen LogP contribution is 2.37. The Morgan fingerprint density at radius 2 is 1.63 bits per heavy atom. The Hall–Kier alpha value is -3.61. The van der Waals surface area contributed by atoms with Crippen LogP contribution in [-0.2, 0) is 4.79 Å². The summed E-state index contributed by atoms with van der Waals surface area (Å²) >= 11 is 16.6. The van der Waals surface area contributed by atoms with Gasteiger partial charge in [-0.05, 0) is 65.7 Å². The van der Waals surface area contributed by atoms with E-state index in [0.29, 0.717) is 30.5 Å². The summed E-state index contributed by atoms with van der Waals surface area (Å²) in [6.45, 7) is 0. The molecular weight excluding hydrogens is 607 g/mol. The number of amides is 1. The van der Waals surface area contributed by atoms with Gasteiger partial charge in [-0.15, -0.1) is 11.3 Å². The van der Waals surface area contributed by atoms with Crippen LogP contribution in [0.4, 0.5) is 5.69 Å². The molecule has 0 fully saturated rings. The van der Waals surface area contributed by atoms with Crippen LogP contribution in [0.3, 0.4) is 0 Å². The largest absolute Gasteiger partial charge is 0.384 e. The number of fused-ring (bicyclic) bond motifs is 1. The van der Waals surface area contributed by atoms with Gasteiger partial charge in [0.05, 0.1) is 27.7 Å². The Labute approximate surface area is 239 Å². The third-order valence-electron chi connectivity index (χ3n) is 5.99. The van der Waals surface area contributed by atoms with E-state index in [0.717, 1.165) is 21.4 Å². The summed E-state index contributed by atoms with van der Waals surface area (Å²) in [5.41, 5.74) is 8.30. The lowest BCUT2D eigenvalue weighted by Crippen LogP contribution is -2.40. The highest BCUT2D eigenvalue weighted by Gasteiger charge is 2.35. The van der Waals surface area contributed by atoms with Crippen LogP contribution in [0.25, 0.3) is 17.5 Å². The molecule has 3 aromatic carbocycles. The molecule has 6 nitrogen and oxygen atoms in total. The molecule has 0 aliphatic carbocycles. The Morgan fingerprint density at radius 3 is 2.24 bits per heavy atom. The maximum atomic E-state index is 13.9. The number of anilines is 1. The number of nitrogens with zero attached hydrogens (tertiary/aromatic N) is 2. The molecule has 1 aliphatic heterocycles. The number of nitrogens with one attached hydrogen (secondary N) is 1. The summed E-state index contributed by atoms with van der Waals surface area (Å²) in [4.78, 5) is 27.4. The molecule has 3 N–H and O–H groups in total. The molecule has 1 amide bonds. The number of carbonyl (C=O) groups excluding carboxylic acids is 1. The normalized spacial score (nSPS) is 15.3. The molecule has 1 aromatic heterocycles. The zero-order chi connectivity index (χ0) is 27.0. The van der Waals surface area contributed by atoms with E-state index >= 15 is 0 Å². The molecule has 10 heteroatoms. The molecule has 5 rings (SSSR count). The molecule has 2 heterocycles. The highest BCUT2D eigenvalue weighted by molar-refractivity contribution is 9.10. The van der Waals surface area contributed by atoms with Crippen LogP contribution in [0.5, 0.6) is 0 Å². The lowest BCUT2D eigenvalue weighted by Gasteiger charge is -2.25. The van der Waals surface area contributed by atoms with Crippen LogP contribution in [0.1, 0.15) is 17.0 Å². The van der Waals surface area contributed by atoms with Gasteiger partial charge in [0.15, 0.2) is 0 Å². The van der Waals surface area contributed by atoms with E-state index in [9.17, 15) is 14.9 Å². The first kappa shape index (κ1) is 26.0. The number of aromatic nitrogens is 1. The van der Waals surface area contributed by atoms with Crippen molar-refractivity contribution >= 4 is 79.5 Å². The second-order valence-corrected chi connectivity index (χ2v) is 11.2. The first-order chi connectivity index (χ1) is 18.3. The number of thiazole rings is 1. The molecule has 1 unspecified atom stereocenters. The van der Waals surface area contributed by atoms with Gasteiger partial charge in [0.25, 0.3) is 11.5 Å². The number of benzene rings is 3. The molecule has 4 aromatic rings. The van der Waals surface area contributed by atoms with Gasteiger partial charge in [-0.3, -0.25) is 14.2 Å². The molecule has 1 aliphatic rings. The molecule has 0 saturated carbocycles. The second kappa shape index (κ2) is 10.6. The summed E-state index contributed by atoms with van der Waals surface area (Å²) < 4.78 is 2.81. The van der Waals surface area contributed by atoms with E-state index in [1.165, 1.54) is 4.57 Å². The van der Waals surface area contributed by atoms with E-state index in [2.05, 4.69) is 27.3 Å². The van der Waals surface area contributed by atoms with Crippen molar-refractivity contribution in [1.29, 1.82) is 5.26 Å². The van der Waals surface area contributed by atoms with Crippen LogP contribution in [-0.4, -0.2) is 10.5 Å². The minimum absolute atomic E-state index is 0.0142. The fourth-order valence-electron chi connectivity index (χ4n) is 4.20. The van der Waals surface area contributed by atoms with Crippen LogP contribution in [0, 0.1) is 11.3 Å². The van der Waals surface area contributed by atoms with Crippen molar-refractivity contribution in [2.45, 2.75) is 5.92 Å². The minimum atomic E-state index is -0.811. The van der Waals surface area contributed by atoms with Crippen molar-refractivity contribution in [2.24, 2.45) is 5.73 Å². The second-order valence-electron chi connectivity index (χ2n) is 8.38. The Kier molecular flexibility index (Phi) is 7.28. The van der Waals surface area contributed by atoms with E-state index in [1.807, 2.05) is 0 Å². The molecule has 0 spiro atoms. The number of allylic oxidation sites excluding steroid dienone is 1.